The Hall–Kier alpha value is -3.56. The highest BCUT2D eigenvalue weighted by atomic mass is 35.5. The molecular weight excluding hydrogens is 526 g/mol. The number of carbonyl (C=O) groups excluding carboxylic acids is 2. The predicted molar refractivity (Wildman–Crippen MR) is 149 cm³/mol. The van der Waals surface area contributed by atoms with E-state index in [0.29, 0.717) is 22.9 Å². The average Bonchev–Trinajstić information content (AvgIpc) is 2.93. The normalized spacial score (nSPS) is 11.9. The number of sulfonamides is 1. The molecule has 3 aromatic rings. The Bertz CT molecular complexity index is 1330. The molecule has 1 N–H and O–H groups in total. The maximum absolute atomic E-state index is 13.8. The van der Waals surface area contributed by atoms with Crippen LogP contribution in [0.2, 0.25) is 5.02 Å². The van der Waals surface area contributed by atoms with Crippen molar-refractivity contribution in [2.45, 2.75) is 37.8 Å². The number of rotatable bonds is 12. The largest absolute Gasteiger partial charge is 0.497 e. The van der Waals surface area contributed by atoms with Gasteiger partial charge in [-0.05, 0) is 67.4 Å². The van der Waals surface area contributed by atoms with Gasteiger partial charge in [-0.25, -0.2) is 8.42 Å². The number of hydrogen-bond acceptors (Lipinski definition) is 5. The van der Waals surface area contributed by atoms with Crippen molar-refractivity contribution in [2.24, 2.45) is 0 Å². The van der Waals surface area contributed by atoms with Crippen LogP contribution in [-0.2, 0) is 26.2 Å². The maximum atomic E-state index is 13.8. The summed E-state index contributed by atoms with van der Waals surface area (Å²) in [6.07, 6.45) is 0.737. The number of benzene rings is 3. The van der Waals surface area contributed by atoms with Crippen LogP contribution in [0.15, 0.2) is 83.8 Å². The van der Waals surface area contributed by atoms with Crippen LogP contribution in [-0.4, -0.2) is 51.4 Å². The van der Waals surface area contributed by atoms with Gasteiger partial charge < -0.3 is 15.0 Å². The summed E-state index contributed by atoms with van der Waals surface area (Å²) < 4.78 is 33.7. The van der Waals surface area contributed by atoms with E-state index < -0.39 is 28.5 Å². The third-order valence-electron chi connectivity index (χ3n) is 5.93. The standard InChI is InChI=1S/C28H32ClN3O5S/c1-4-17-30-28(34)21(2)31(19-22-9-8-10-23(29)18-22)27(33)20-32(24-13-15-25(37-3)16-14-24)38(35,36)26-11-6-5-7-12-26/h5-16,18,21H,4,17,19-20H2,1-3H3,(H,30,34)/t21-/m0/s1. The highest BCUT2D eigenvalue weighted by molar-refractivity contribution is 7.92. The van der Waals surface area contributed by atoms with E-state index in [9.17, 15) is 18.0 Å². The summed E-state index contributed by atoms with van der Waals surface area (Å²) in [4.78, 5) is 28.1. The fourth-order valence-corrected chi connectivity index (χ4v) is 5.46. The quantitative estimate of drug-likeness (QED) is 0.354. The summed E-state index contributed by atoms with van der Waals surface area (Å²) in [5.41, 5.74) is 0.997. The molecule has 0 unspecified atom stereocenters. The lowest BCUT2D eigenvalue weighted by Crippen LogP contribution is -2.51. The number of methoxy groups -OCH3 is 1. The fourth-order valence-electron chi connectivity index (χ4n) is 3.81. The van der Waals surface area contributed by atoms with Crippen LogP contribution in [0, 0.1) is 0 Å². The lowest BCUT2D eigenvalue weighted by Gasteiger charge is -2.32. The van der Waals surface area contributed by atoms with Crippen LogP contribution < -0.4 is 14.4 Å². The van der Waals surface area contributed by atoms with Gasteiger partial charge >= 0.3 is 0 Å². The van der Waals surface area contributed by atoms with Crippen molar-refractivity contribution in [3.8, 4) is 5.75 Å². The third-order valence-corrected chi connectivity index (χ3v) is 7.95. The van der Waals surface area contributed by atoms with E-state index in [-0.39, 0.29) is 23.0 Å². The summed E-state index contributed by atoms with van der Waals surface area (Å²) in [6.45, 7) is 3.57. The number of halogens is 1. The Morgan fingerprint density at radius 2 is 1.68 bits per heavy atom. The smallest absolute Gasteiger partial charge is 0.264 e. The Kier molecular flexibility index (Phi) is 10.2. The molecule has 0 saturated carbocycles. The first-order valence-corrected chi connectivity index (χ1v) is 14.0. The maximum Gasteiger partial charge on any atom is 0.264 e. The van der Waals surface area contributed by atoms with Gasteiger partial charge in [0.1, 0.15) is 18.3 Å². The first-order valence-electron chi connectivity index (χ1n) is 12.2. The topological polar surface area (TPSA) is 96.0 Å². The molecule has 0 saturated heterocycles. The van der Waals surface area contributed by atoms with E-state index in [1.165, 1.54) is 24.1 Å². The SMILES string of the molecule is CCCNC(=O)[C@H](C)N(Cc1cccc(Cl)c1)C(=O)CN(c1ccc(OC)cc1)S(=O)(=O)c1ccccc1. The molecule has 0 bridgehead atoms. The van der Waals surface area contributed by atoms with E-state index in [0.717, 1.165) is 10.7 Å². The zero-order chi connectivity index (χ0) is 27.7. The molecule has 0 spiro atoms. The molecule has 10 heteroatoms. The van der Waals surface area contributed by atoms with Gasteiger partial charge in [0.05, 0.1) is 17.7 Å². The Morgan fingerprint density at radius 3 is 2.29 bits per heavy atom. The van der Waals surface area contributed by atoms with Crippen molar-refractivity contribution in [1.29, 1.82) is 0 Å². The van der Waals surface area contributed by atoms with E-state index in [1.54, 1.807) is 73.7 Å². The zero-order valence-corrected chi connectivity index (χ0v) is 23.2. The van der Waals surface area contributed by atoms with Crippen LogP contribution in [0.1, 0.15) is 25.8 Å². The molecule has 0 fully saturated rings. The van der Waals surface area contributed by atoms with Gasteiger partial charge in [0.25, 0.3) is 10.0 Å². The molecule has 0 heterocycles. The van der Waals surface area contributed by atoms with Crippen molar-refractivity contribution in [1.82, 2.24) is 10.2 Å². The van der Waals surface area contributed by atoms with Crippen LogP contribution >= 0.6 is 11.6 Å². The molecule has 202 valence electrons. The molecular formula is C28H32ClN3O5S. The summed E-state index contributed by atoms with van der Waals surface area (Å²) in [5.74, 6) is -0.329. The van der Waals surface area contributed by atoms with Gasteiger partial charge in [0.2, 0.25) is 11.8 Å². The highest BCUT2D eigenvalue weighted by Crippen LogP contribution is 2.26. The second-order valence-electron chi connectivity index (χ2n) is 8.64. The number of hydrogen-bond donors (Lipinski definition) is 1. The van der Waals surface area contributed by atoms with Crippen molar-refractivity contribution in [3.63, 3.8) is 0 Å². The summed E-state index contributed by atoms with van der Waals surface area (Å²) >= 11 is 6.15. The molecule has 38 heavy (non-hydrogen) atoms. The molecule has 0 aliphatic carbocycles. The number of amides is 2. The van der Waals surface area contributed by atoms with Gasteiger partial charge in [-0.3, -0.25) is 13.9 Å². The number of anilines is 1. The fraction of sp³-hybridized carbons (Fsp3) is 0.286. The minimum Gasteiger partial charge on any atom is -0.497 e. The van der Waals surface area contributed by atoms with E-state index in [4.69, 9.17) is 16.3 Å². The van der Waals surface area contributed by atoms with E-state index >= 15 is 0 Å². The molecule has 0 radical (unpaired) electrons. The number of nitrogens with zero attached hydrogens (tertiary/aromatic N) is 2. The third kappa shape index (κ3) is 7.26. The van der Waals surface area contributed by atoms with Crippen molar-refractivity contribution >= 4 is 39.1 Å². The lowest BCUT2D eigenvalue weighted by atomic mass is 10.1. The summed E-state index contributed by atoms with van der Waals surface area (Å²) in [6, 6.07) is 20.4. The average molecular weight is 558 g/mol. The zero-order valence-electron chi connectivity index (χ0n) is 21.6. The van der Waals surface area contributed by atoms with Crippen molar-refractivity contribution in [2.75, 3.05) is 24.5 Å². The number of ether oxygens (including phenoxy) is 1. The molecule has 0 aliphatic rings. The Labute approximate surface area is 229 Å². The van der Waals surface area contributed by atoms with Crippen molar-refractivity contribution in [3.05, 3.63) is 89.4 Å². The minimum atomic E-state index is -4.12. The predicted octanol–water partition coefficient (Wildman–Crippen LogP) is 4.49. The molecule has 2 amide bonds. The molecule has 0 aliphatic heterocycles. The van der Waals surface area contributed by atoms with Crippen LogP contribution in [0.25, 0.3) is 0 Å². The number of nitrogens with one attached hydrogen (secondary N) is 1. The van der Waals surface area contributed by atoms with Gasteiger partial charge in [-0.15, -0.1) is 0 Å². The van der Waals surface area contributed by atoms with Crippen LogP contribution in [0.3, 0.4) is 0 Å². The molecule has 0 aromatic heterocycles. The molecule has 8 nitrogen and oxygen atoms in total. The summed E-state index contributed by atoms with van der Waals surface area (Å²) in [5, 5.41) is 3.30. The van der Waals surface area contributed by atoms with Crippen LogP contribution in [0.5, 0.6) is 5.75 Å². The Morgan fingerprint density at radius 1 is 1.00 bits per heavy atom. The lowest BCUT2D eigenvalue weighted by molar-refractivity contribution is -0.139. The Balaban J connectivity index is 2.01. The van der Waals surface area contributed by atoms with E-state index in [1.807, 2.05) is 6.92 Å². The molecule has 3 aromatic carbocycles. The number of carbonyl (C=O) groups is 2. The minimum absolute atomic E-state index is 0.0405. The monoisotopic (exact) mass is 557 g/mol. The van der Waals surface area contributed by atoms with Crippen LogP contribution in [0.4, 0.5) is 5.69 Å². The van der Waals surface area contributed by atoms with Gasteiger partial charge in [0, 0.05) is 18.1 Å². The molecule has 1 atom stereocenters. The van der Waals surface area contributed by atoms with Gasteiger partial charge in [-0.1, -0.05) is 48.9 Å². The van der Waals surface area contributed by atoms with Gasteiger partial charge in [0.15, 0.2) is 0 Å². The first kappa shape index (κ1) is 29.0. The van der Waals surface area contributed by atoms with E-state index in [2.05, 4.69) is 5.32 Å². The van der Waals surface area contributed by atoms with Gasteiger partial charge in [-0.2, -0.15) is 0 Å². The highest BCUT2D eigenvalue weighted by Gasteiger charge is 2.32. The second-order valence-corrected chi connectivity index (χ2v) is 10.9. The first-order chi connectivity index (χ1) is 18.2. The second kappa shape index (κ2) is 13.3. The summed E-state index contributed by atoms with van der Waals surface area (Å²) in [7, 11) is -2.61. The van der Waals surface area contributed by atoms with Crippen molar-refractivity contribution < 1.29 is 22.7 Å². The molecule has 3 rings (SSSR count).